The summed E-state index contributed by atoms with van der Waals surface area (Å²) in [5, 5.41) is 11.4. The molecule has 136 valence electrons. The lowest BCUT2D eigenvalue weighted by Crippen LogP contribution is -2.28. The minimum absolute atomic E-state index is 0.108. The Balaban J connectivity index is 1.43. The molecule has 0 atom stereocenters. The molecule has 0 saturated carbocycles. The Morgan fingerprint density at radius 3 is 2.85 bits per heavy atom. The van der Waals surface area contributed by atoms with Crippen molar-refractivity contribution in [1.29, 1.82) is 0 Å². The maximum absolute atomic E-state index is 13.0. The van der Waals surface area contributed by atoms with Crippen LogP contribution in [0.5, 0.6) is 0 Å². The molecule has 0 aliphatic rings. The highest BCUT2D eigenvalue weighted by Gasteiger charge is 2.10. The van der Waals surface area contributed by atoms with Gasteiger partial charge in [0.25, 0.3) is 0 Å². The van der Waals surface area contributed by atoms with Crippen LogP contribution in [-0.4, -0.2) is 44.4 Å². The summed E-state index contributed by atoms with van der Waals surface area (Å²) in [5.74, 6) is -0.151. The number of nitrogens with one attached hydrogen (secondary N) is 1. The normalized spacial score (nSPS) is 10.8. The Bertz CT molecular complexity index is 826. The van der Waals surface area contributed by atoms with Gasteiger partial charge in [0, 0.05) is 50.2 Å². The number of carbonyl (C=O) groups is 1. The molecule has 0 radical (unpaired) electrons. The van der Waals surface area contributed by atoms with Gasteiger partial charge in [0.1, 0.15) is 5.82 Å². The van der Waals surface area contributed by atoms with Gasteiger partial charge in [-0.2, -0.15) is 10.2 Å². The van der Waals surface area contributed by atoms with Crippen LogP contribution in [0.25, 0.3) is 11.3 Å². The molecule has 1 aromatic carbocycles. The summed E-state index contributed by atoms with van der Waals surface area (Å²) in [5.41, 5.74) is 2.67. The smallest absolute Gasteiger partial charge is 0.224 e. The van der Waals surface area contributed by atoms with E-state index in [1.165, 1.54) is 12.1 Å². The molecule has 0 aliphatic heterocycles. The molecule has 2 aromatic heterocycles. The Labute approximate surface area is 151 Å². The molecule has 0 unspecified atom stereocenters. The van der Waals surface area contributed by atoms with Crippen molar-refractivity contribution < 1.29 is 9.18 Å². The number of aromatic amines is 1. The predicted octanol–water partition coefficient (Wildman–Crippen LogP) is 2.89. The number of aromatic nitrogens is 4. The maximum Gasteiger partial charge on any atom is 0.224 e. The van der Waals surface area contributed by atoms with E-state index >= 15 is 0 Å². The molecule has 6 nitrogen and oxygen atoms in total. The highest BCUT2D eigenvalue weighted by molar-refractivity contribution is 5.75. The van der Waals surface area contributed by atoms with E-state index in [2.05, 4.69) is 15.3 Å². The number of carbonyl (C=O) groups excluding carboxylic acids is 1. The fourth-order valence-corrected chi connectivity index (χ4v) is 2.72. The molecule has 0 aliphatic carbocycles. The largest absolute Gasteiger partial charge is 0.346 e. The summed E-state index contributed by atoms with van der Waals surface area (Å²) in [6, 6.07) is 10.1. The zero-order valence-electron chi connectivity index (χ0n) is 14.7. The van der Waals surface area contributed by atoms with E-state index in [0.29, 0.717) is 19.5 Å². The first-order valence-electron chi connectivity index (χ1n) is 8.63. The van der Waals surface area contributed by atoms with E-state index in [9.17, 15) is 9.18 Å². The van der Waals surface area contributed by atoms with Gasteiger partial charge < -0.3 is 4.90 Å². The summed E-state index contributed by atoms with van der Waals surface area (Å²) in [6.45, 7) is 1.28. The molecule has 0 saturated heterocycles. The standard InChI is InChI=1S/C19H22FN5O/c1-24(19(26)9-13-25-12-3-10-21-25)11-2-4-17-14-18(23-22-17)15-5-7-16(20)8-6-15/h3,5-8,10,12,14H,2,4,9,11,13H2,1H3,(H,22,23). The second-order valence-electron chi connectivity index (χ2n) is 6.22. The van der Waals surface area contributed by atoms with E-state index in [0.717, 1.165) is 29.8 Å². The average Bonchev–Trinajstić information content (AvgIpc) is 3.32. The first kappa shape index (κ1) is 17.8. The third-order valence-corrected chi connectivity index (χ3v) is 4.25. The van der Waals surface area contributed by atoms with Crippen LogP contribution in [0.4, 0.5) is 4.39 Å². The molecular weight excluding hydrogens is 333 g/mol. The van der Waals surface area contributed by atoms with Gasteiger partial charge in [-0.05, 0) is 49.2 Å². The SMILES string of the molecule is CN(CCCc1cc(-c2ccc(F)cc2)n[nH]1)C(=O)CCn1cccn1. The van der Waals surface area contributed by atoms with E-state index in [4.69, 9.17) is 0 Å². The molecule has 2 heterocycles. The van der Waals surface area contributed by atoms with Gasteiger partial charge in [-0.25, -0.2) is 4.39 Å². The number of benzene rings is 1. The van der Waals surface area contributed by atoms with Crippen molar-refractivity contribution in [2.45, 2.75) is 25.8 Å². The average molecular weight is 355 g/mol. The van der Waals surface area contributed by atoms with E-state index in [1.807, 2.05) is 25.4 Å². The zero-order valence-corrected chi connectivity index (χ0v) is 14.7. The third kappa shape index (κ3) is 4.78. The van der Waals surface area contributed by atoms with Gasteiger partial charge >= 0.3 is 0 Å². The van der Waals surface area contributed by atoms with Crippen molar-refractivity contribution >= 4 is 5.91 Å². The molecule has 3 rings (SSSR count). The van der Waals surface area contributed by atoms with Crippen molar-refractivity contribution in [2.75, 3.05) is 13.6 Å². The predicted molar refractivity (Wildman–Crippen MR) is 96.8 cm³/mol. The Morgan fingerprint density at radius 2 is 2.12 bits per heavy atom. The number of aryl methyl sites for hydroxylation is 2. The van der Waals surface area contributed by atoms with Gasteiger partial charge in [-0.15, -0.1) is 0 Å². The van der Waals surface area contributed by atoms with Gasteiger partial charge in [0.15, 0.2) is 0 Å². The van der Waals surface area contributed by atoms with Gasteiger partial charge in [-0.3, -0.25) is 14.6 Å². The number of nitrogens with zero attached hydrogens (tertiary/aromatic N) is 4. The highest BCUT2D eigenvalue weighted by Crippen LogP contribution is 2.18. The molecule has 0 bridgehead atoms. The second kappa shape index (κ2) is 8.42. The lowest BCUT2D eigenvalue weighted by atomic mass is 10.1. The van der Waals surface area contributed by atoms with Crippen LogP contribution in [-0.2, 0) is 17.8 Å². The maximum atomic E-state index is 13.0. The van der Waals surface area contributed by atoms with Crippen LogP contribution in [0, 0.1) is 5.82 Å². The Hall–Kier alpha value is -2.96. The van der Waals surface area contributed by atoms with Crippen molar-refractivity contribution in [3.8, 4) is 11.3 Å². The summed E-state index contributed by atoms with van der Waals surface area (Å²) in [6.07, 6.45) is 5.64. The molecule has 26 heavy (non-hydrogen) atoms. The van der Waals surface area contributed by atoms with Crippen LogP contribution < -0.4 is 0 Å². The van der Waals surface area contributed by atoms with E-state index in [-0.39, 0.29) is 11.7 Å². The fourth-order valence-electron chi connectivity index (χ4n) is 2.72. The monoisotopic (exact) mass is 355 g/mol. The molecule has 1 N–H and O–H groups in total. The van der Waals surface area contributed by atoms with Gasteiger partial charge in [0.2, 0.25) is 5.91 Å². The van der Waals surface area contributed by atoms with E-state index < -0.39 is 0 Å². The Kier molecular flexibility index (Phi) is 5.78. The van der Waals surface area contributed by atoms with Crippen molar-refractivity contribution in [1.82, 2.24) is 24.9 Å². The highest BCUT2D eigenvalue weighted by atomic mass is 19.1. The summed E-state index contributed by atoms with van der Waals surface area (Å²) < 4.78 is 14.7. The fraction of sp³-hybridized carbons (Fsp3) is 0.316. The lowest BCUT2D eigenvalue weighted by Gasteiger charge is -2.16. The number of hydrogen-bond donors (Lipinski definition) is 1. The van der Waals surface area contributed by atoms with Crippen LogP contribution >= 0.6 is 0 Å². The van der Waals surface area contributed by atoms with Crippen molar-refractivity contribution in [3.05, 3.63) is 60.3 Å². The third-order valence-electron chi connectivity index (χ3n) is 4.25. The number of halogens is 1. The number of rotatable bonds is 8. The first-order chi connectivity index (χ1) is 12.6. The van der Waals surface area contributed by atoms with Gasteiger partial charge in [0.05, 0.1) is 5.69 Å². The Morgan fingerprint density at radius 1 is 1.31 bits per heavy atom. The van der Waals surface area contributed by atoms with Crippen LogP contribution in [0.2, 0.25) is 0 Å². The minimum atomic E-state index is -0.259. The van der Waals surface area contributed by atoms with Crippen LogP contribution in [0.3, 0.4) is 0 Å². The first-order valence-corrected chi connectivity index (χ1v) is 8.63. The molecule has 0 spiro atoms. The summed E-state index contributed by atoms with van der Waals surface area (Å²) in [4.78, 5) is 13.9. The number of amides is 1. The second-order valence-corrected chi connectivity index (χ2v) is 6.22. The molecule has 1 amide bonds. The van der Waals surface area contributed by atoms with Gasteiger partial charge in [-0.1, -0.05) is 0 Å². The molecule has 7 heteroatoms. The van der Waals surface area contributed by atoms with Crippen molar-refractivity contribution in [2.24, 2.45) is 0 Å². The van der Waals surface area contributed by atoms with Crippen molar-refractivity contribution in [3.63, 3.8) is 0 Å². The quantitative estimate of drug-likeness (QED) is 0.676. The minimum Gasteiger partial charge on any atom is -0.346 e. The summed E-state index contributed by atoms with van der Waals surface area (Å²) in [7, 11) is 1.82. The zero-order chi connectivity index (χ0) is 18.4. The molecule has 3 aromatic rings. The van der Waals surface area contributed by atoms with E-state index in [1.54, 1.807) is 27.9 Å². The van der Waals surface area contributed by atoms with Crippen LogP contribution in [0.15, 0.2) is 48.8 Å². The topological polar surface area (TPSA) is 66.8 Å². The lowest BCUT2D eigenvalue weighted by molar-refractivity contribution is -0.130. The number of H-pyrrole nitrogens is 1. The number of hydrogen-bond acceptors (Lipinski definition) is 3. The molecule has 0 fully saturated rings. The van der Waals surface area contributed by atoms with Crippen LogP contribution in [0.1, 0.15) is 18.5 Å². The molecular formula is C19H22FN5O. The summed E-state index contributed by atoms with van der Waals surface area (Å²) >= 11 is 0.